The molecule has 1 N–H and O–H groups in total. The summed E-state index contributed by atoms with van der Waals surface area (Å²) in [5, 5.41) is 5.49. The molecule has 1 aliphatic heterocycles. The molecule has 0 saturated carbocycles. The fourth-order valence-electron chi connectivity index (χ4n) is 2.36. The molecular formula is C16H18N2O. The van der Waals surface area contributed by atoms with Gasteiger partial charge in [0.1, 0.15) is 0 Å². The third-order valence-electron chi connectivity index (χ3n) is 3.76. The predicted molar refractivity (Wildman–Crippen MR) is 77.1 cm³/mol. The van der Waals surface area contributed by atoms with E-state index in [0.29, 0.717) is 0 Å². The Bertz CT molecular complexity index is 604. The molecule has 1 atom stereocenters. The van der Waals surface area contributed by atoms with Crippen LogP contribution in [0.1, 0.15) is 24.9 Å². The van der Waals surface area contributed by atoms with Crippen LogP contribution in [0.2, 0.25) is 0 Å². The molecule has 3 nitrogen and oxygen atoms in total. The van der Waals surface area contributed by atoms with E-state index in [1.54, 1.807) is 0 Å². The zero-order valence-electron chi connectivity index (χ0n) is 11.1. The van der Waals surface area contributed by atoms with Crippen LogP contribution in [-0.2, 0) is 0 Å². The van der Waals surface area contributed by atoms with Gasteiger partial charge in [0.25, 0.3) is 0 Å². The maximum absolute atomic E-state index is 11.9. The van der Waals surface area contributed by atoms with Crippen LogP contribution in [0.15, 0.2) is 42.5 Å². The van der Waals surface area contributed by atoms with Crippen LogP contribution in [0.4, 0.5) is 4.79 Å². The van der Waals surface area contributed by atoms with Gasteiger partial charge in [0, 0.05) is 13.1 Å². The maximum Gasteiger partial charge on any atom is 0.317 e. The quantitative estimate of drug-likeness (QED) is 0.876. The van der Waals surface area contributed by atoms with Crippen LogP contribution in [0.5, 0.6) is 0 Å². The number of fused-ring (bicyclic) bond motifs is 1. The summed E-state index contributed by atoms with van der Waals surface area (Å²) in [6.07, 6.45) is 1.12. The van der Waals surface area contributed by atoms with Crippen LogP contribution in [-0.4, -0.2) is 24.0 Å². The molecule has 19 heavy (non-hydrogen) atoms. The molecule has 2 amide bonds. The second-order valence-corrected chi connectivity index (χ2v) is 5.12. The van der Waals surface area contributed by atoms with Crippen molar-refractivity contribution in [3.63, 3.8) is 0 Å². The van der Waals surface area contributed by atoms with Crippen molar-refractivity contribution in [1.29, 1.82) is 0 Å². The topological polar surface area (TPSA) is 32.3 Å². The lowest BCUT2D eigenvalue weighted by Crippen LogP contribution is -2.48. The van der Waals surface area contributed by atoms with E-state index in [4.69, 9.17) is 0 Å². The fraction of sp³-hybridized carbons (Fsp3) is 0.312. The summed E-state index contributed by atoms with van der Waals surface area (Å²) in [5.41, 5.74) is 1.15. The van der Waals surface area contributed by atoms with E-state index in [2.05, 4.69) is 35.6 Å². The molecular weight excluding hydrogens is 236 g/mol. The Morgan fingerprint density at radius 1 is 1.16 bits per heavy atom. The van der Waals surface area contributed by atoms with Gasteiger partial charge in [0.05, 0.1) is 6.04 Å². The van der Waals surface area contributed by atoms with Crippen molar-refractivity contribution < 1.29 is 4.79 Å². The average molecular weight is 254 g/mol. The molecule has 1 unspecified atom stereocenters. The monoisotopic (exact) mass is 254 g/mol. The van der Waals surface area contributed by atoms with Gasteiger partial charge in [0.15, 0.2) is 0 Å². The van der Waals surface area contributed by atoms with Gasteiger partial charge in [-0.1, -0.05) is 36.4 Å². The lowest BCUT2D eigenvalue weighted by molar-refractivity contribution is 0.164. The number of likely N-dealkylation sites (tertiary alicyclic amines) is 1. The van der Waals surface area contributed by atoms with Crippen LogP contribution >= 0.6 is 0 Å². The van der Waals surface area contributed by atoms with Crippen LogP contribution in [0.3, 0.4) is 0 Å². The number of nitrogens with zero attached hydrogens (tertiary/aromatic N) is 1. The van der Waals surface area contributed by atoms with Crippen molar-refractivity contribution in [2.24, 2.45) is 0 Å². The molecule has 0 radical (unpaired) electrons. The normalized spacial score (nSPS) is 15.9. The molecule has 1 fully saturated rings. The Morgan fingerprint density at radius 2 is 1.89 bits per heavy atom. The molecule has 1 heterocycles. The smallest absolute Gasteiger partial charge is 0.317 e. The van der Waals surface area contributed by atoms with Gasteiger partial charge in [-0.3, -0.25) is 0 Å². The molecule has 1 saturated heterocycles. The number of nitrogens with one attached hydrogen (secondary N) is 1. The highest BCUT2D eigenvalue weighted by Gasteiger charge is 2.21. The average Bonchev–Trinajstić information content (AvgIpc) is 2.36. The van der Waals surface area contributed by atoms with Crippen molar-refractivity contribution in [1.82, 2.24) is 10.2 Å². The Kier molecular flexibility index (Phi) is 3.11. The Hall–Kier alpha value is -2.03. The highest BCUT2D eigenvalue weighted by Crippen LogP contribution is 2.20. The van der Waals surface area contributed by atoms with E-state index in [0.717, 1.165) is 25.1 Å². The van der Waals surface area contributed by atoms with Crippen molar-refractivity contribution in [2.45, 2.75) is 19.4 Å². The van der Waals surface area contributed by atoms with Gasteiger partial charge in [-0.05, 0) is 35.7 Å². The van der Waals surface area contributed by atoms with E-state index < -0.39 is 0 Å². The molecule has 2 aromatic carbocycles. The molecule has 0 aromatic heterocycles. The van der Waals surface area contributed by atoms with Gasteiger partial charge in [-0.2, -0.15) is 0 Å². The molecule has 98 valence electrons. The van der Waals surface area contributed by atoms with Crippen molar-refractivity contribution in [3.8, 4) is 0 Å². The first-order chi connectivity index (χ1) is 9.24. The van der Waals surface area contributed by atoms with Gasteiger partial charge in [-0.15, -0.1) is 0 Å². The zero-order chi connectivity index (χ0) is 13.2. The Morgan fingerprint density at radius 3 is 2.58 bits per heavy atom. The minimum Gasteiger partial charge on any atom is -0.331 e. The van der Waals surface area contributed by atoms with Crippen molar-refractivity contribution >= 4 is 16.8 Å². The molecule has 0 aliphatic carbocycles. The minimum atomic E-state index is 0.0395. The summed E-state index contributed by atoms with van der Waals surface area (Å²) in [6.45, 7) is 3.80. The Labute approximate surface area is 113 Å². The van der Waals surface area contributed by atoms with Gasteiger partial charge in [0.2, 0.25) is 0 Å². The number of carbonyl (C=O) groups is 1. The second kappa shape index (κ2) is 4.92. The number of amides is 2. The van der Waals surface area contributed by atoms with E-state index >= 15 is 0 Å². The second-order valence-electron chi connectivity index (χ2n) is 5.12. The lowest BCUT2D eigenvalue weighted by atomic mass is 10.0. The van der Waals surface area contributed by atoms with Gasteiger partial charge in [-0.25, -0.2) is 4.79 Å². The molecule has 0 bridgehead atoms. The van der Waals surface area contributed by atoms with E-state index in [1.165, 1.54) is 10.8 Å². The largest absolute Gasteiger partial charge is 0.331 e. The van der Waals surface area contributed by atoms with E-state index in [1.807, 2.05) is 24.0 Å². The number of carbonyl (C=O) groups excluding carboxylic acids is 1. The Balaban J connectivity index is 1.77. The lowest BCUT2D eigenvalue weighted by Gasteiger charge is -2.32. The summed E-state index contributed by atoms with van der Waals surface area (Å²) in [4.78, 5) is 13.7. The SMILES string of the molecule is CC(NC(=O)N1CCC1)c1ccc2ccccc2c1. The maximum atomic E-state index is 11.9. The van der Waals surface area contributed by atoms with Crippen molar-refractivity contribution in [2.75, 3.05) is 13.1 Å². The number of benzene rings is 2. The van der Waals surface area contributed by atoms with Gasteiger partial charge >= 0.3 is 6.03 Å². The van der Waals surface area contributed by atoms with E-state index in [-0.39, 0.29) is 12.1 Å². The van der Waals surface area contributed by atoms with Crippen LogP contribution in [0, 0.1) is 0 Å². The molecule has 0 spiro atoms. The number of rotatable bonds is 2. The first kappa shape index (κ1) is 12.0. The standard InChI is InChI=1S/C16H18N2O/c1-12(17-16(19)18-9-4-10-18)14-8-7-13-5-2-3-6-15(13)11-14/h2-3,5-8,11-12H,4,9-10H2,1H3,(H,17,19). The molecule has 3 rings (SSSR count). The van der Waals surface area contributed by atoms with Crippen LogP contribution in [0.25, 0.3) is 10.8 Å². The highest BCUT2D eigenvalue weighted by molar-refractivity contribution is 5.83. The first-order valence-corrected chi connectivity index (χ1v) is 6.78. The number of urea groups is 1. The number of hydrogen-bond acceptors (Lipinski definition) is 1. The molecule has 1 aliphatic rings. The summed E-state index contributed by atoms with van der Waals surface area (Å²) < 4.78 is 0. The third-order valence-corrected chi connectivity index (χ3v) is 3.76. The summed E-state index contributed by atoms with van der Waals surface area (Å²) in [5.74, 6) is 0. The molecule has 2 aromatic rings. The zero-order valence-corrected chi connectivity index (χ0v) is 11.1. The summed E-state index contributed by atoms with van der Waals surface area (Å²) in [6, 6.07) is 14.7. The summed E-state index contributed by atoms with van der Waals surface area (Å²) in [7, 11) is 0. The third kappa shape index (κ3) is 2.41. The fourth-order valence-corrected chi connectivity index (χ4v) is 2.36. The first-order valence-electron chi connectivity index (χ1n) is 6.78. The highest BCUT2D eigenvalue weighted by atomic mass is 16.2. The summed E-state index contributed by atoms with van der Waals surface area (Å²) >= 11 is 0. The van der Waals surface area contributed by atoms with Crippen LogP contribution < -0.4 is 5.32 Å². The number of hydrogen-bond donors (Lipinski definition) is 1. The van der Waals surface area contributed by atoms with Gasteiger partial charge < -0.3 is 10.2 Å². The van der Waals surface area contributed by atoms with E-state index in [9.17, 15) is 4.79 Å². The van der Waals surface area contributed by atoms with Crippen molar-refractivity contribution in [3.05, 3.63) is 48.0 Å². The minimum absolute atomic E-state index is 0.0395. The predicted octanol–water partition coefficient (Wildman–Crippen LogP) is 3.32. The molecule has 3 heteroatoms.